The number of hydrogen-bond acceptors (Lipinski definition) is 8. The van der Waals surface area contributed by atoms with Gasteiger partial charge in [0.1, 0.15) is 43.3 Å². The van der Waals surface area contributed by atoms with Gasteiger partial charge in [0.2, 0.25) is 0 Å². The van der Waals surface area contributed by atoms with Gasteiger partial charge in [-0.05, 0) is 29.0 Å². The fraction of sp³-hybridized carbons (Fsp3) is 0.387. The maximum atomic E-state index is 12.8. The molecule has 3 aromatic carbocycles. The van der Waals surface area contributed by atoms with E-state index in [1.165, 1.54) is 0 Å². The van der Waals surface area contributed by atoms with Gasteiger partial charge in [0.25, 0.3) is 0 Å². The standard InChI is InChI=1S/C31H36O7S/c1-3-39-31-29(37-22-33-2)28(35-20-24-15-9-5-10-16-24)27(34-19-23-13-7-4-8-14-23)26(38-31)21-36-30(32)25-17-11-6-12-18-25/h4-18,26-29,31H,3,19-22H2,1-2H3/t26-,27-,28+,29-,31+/m1/s1. The van der Waals surface area contributed by atoms with E-state index in [4.69, 9.17) is 28.4 Å². The van der Waals surface area contributed by atoms with Crippen LogP contribution in [-0.2, 0) is 41.6 Å². The SMILES string of the molecule is CCS[C@@H]1O[C@H](COC(=O)c2ccccc2)[C@@H](OCc2ccccc2)[C@H](OCc2ccccc2)[C@H]1OCOC. The first-order chi connectivity index (χ1) is 19.2. The molecule has 0 aromatic heterocycles. The highest BCUT2D eigenvalue weighted by atomic mass is 32.2. The Balaban J connectivity index is 1.59. The van der Waals surface area contributed by atoms with Crippen molar-refractivity contribution in [1.29, 1.82) is 0 Å². The molecule has 7 nitrogen and oxygen atoms in total. The van der Waals surface area contributed by atoms with Gasteiger partial charge in [-0.3, -0.25) is 0 Å². The van der Waals surface area contributed by atoms with Gasteiger partial charge in [-0.15, -0.1) is 11.8 Å². The molecule has 0 spiro atoms. The zero-order chi connectivity index (χ0) is 27.3. The van der Waals surface area contributed by atoms with E-state index < -0.39 is 30.4 Å². The molecule has 0 radical (unpaired) electrons. The summed E-state index contributed by atoms with van der Waals surface area (Å²) in [5.41, 5.74) is 2.15. The summed E-state index contributed by atoms with van der Waals surface area (Å²) in [4.78, 5) is 12.8. The molecule has 0 N–H and O–H groups in total. The second-order valence-corrected chi connectivity index (χ2v) is 10.4. The van der Waals surface area contributed by atoms with Gasteiger partial charge in [-0.1, -0.05) is 85.8 Å². The van der Waals surface area contributed by atoms with E-state index in [1.807, 2.05) is 66.7 Å². The van der Waals surface area contributed by atoms with E-state index in [9.17, 15) is 4.79 Å². The van der Waals surface area contributed by atoms with Gasteiger partial charge in [0, 0.05) is 7.11 Å². The van der Waals surface area contributed by atoms with Gasteiger partial charge in [0.05, 0.1) is 18.8 Å². The highest BCUT2D eigenvalue weighted by Crippen LogP contribution is 2.35. The first-order valence-corrected chi connectivity index (χ1v) is 14.1. The summed E-state index contributed by atoms with van der Waals surface area (Å²) in [6.07, 6.45) is -2.13. The van der Waals surface area contributed by atoms with Crippen LogP contribution in [0.25, 0.3) is 0 Å². The Labute approximate surface area is 234 Å². The van der Waals surface area contributed by atoms with Crippen molar-refractivity contribution in [2.45, 2.75) is 50.0 Å². The Kier molecular flexibility index (Phi) is 11.8. The Bertz CT molecular complexity index is 1100. The van der Waals surface area contributed by atoms with E-state index in [0.29, 0.717) is 18.8 Å². The Morgan fingerprint density at radius 3 is 1.90 bits per heavy atom. The van der Waals surface area contributed by atoms with E-state index >= 15 is 0 Å². The molecule has 0 saturated carbocycles. The second kappa shape index (κ2) is 15.8. The van der Waals surface area contributed by atoms with Crippen molar-refractivity contribution in [1.82, 2.24) is 0 Å². The lowest BCUT2D eigenvalue weighted by molar-refractivity contribution is -0.261. The molecule has 0 bridgehead atoms. The predicted molar refractivity (Wildman–Crippen MR) is 150 cm³/mol. The number of carbonyl (C=O) groups excluding carboxylic acids is 1. The first-order valence-electron chi connectivity index (χ1n) is 13.1. The molecule has 1 heterocycles. The van der Waals surface area contributed by atoms with Crippen molar-refractivity contribution in [3.63, 3.8) is 0 Å². The number of esters is 1. The maximum absolute atomic E-state index is 12.8. The average Bonchev–Trinajstić information content (AvgIpc) is 2.99. The second-order valence-electron chi connectivity index (χ2n) is 9.02. The normalized spacial score (nSPS) is 22.9. The number of hydrogen-bond donors (Lipinski definition) is 0. The smallest absolute Gasteiger partial charge is 0.338 e. The molecule has 1 fully saturated rings. The first kappa shape index (κ1) is 29.3. The van der Waals surface area contributed by atoms with Crippen LogP contribution in [0, 0.1) is 0 Å². The molecule has 0 amide bonds. The van der Waals surface area contributed by atoms with Crippen LogP contribution in [0.15, 0.2) is 91.0 Å². The van der Waals surface area contributed by atoms with Crippen LogP contribution in [0.1, 0.15) is 28.4 Å². The minimum Gasteiger partial charge on any atom is -0.459 e. The Hall–Kier alpha value is -2.72. The fourth-order valence-electron chi connectivity index (χ4n) is 4.37. The third-order valence-electron chi connectivity index (χ3n) is 6.26. The fourth-order valence-corrected chi connectivity index (χ4v) is 5.35. The number of carbonyl (C=O) groups is 1. The lowest BCUT2D eigenvalue weighted by atomic mass is 9.99. The maximum Gasteiger partial charge on any atom is 0.338 e. The number of methoxy groups -OCH3 is 1. The van der Waals surface area contributed by atoms with Gasteiger partial charge < -0.3 is 28.4 Å². The molecular formula is C31H36O7S. The molecule has 0 aliphatic carbocycles. The molecule has 1 aliphatic heterocycles. The lowest BCUT2D eigenvalue weighted by Crippen LogP contribution is -2.60. The summed E-state index contributed by atoms with van der Waals surface area (Å²) in [6, 6.07) is 28.8. The molecular weight excluding hydrogens is 516 g/mol. The van der Waals surface area contributed by atoms with Crippen molar-refractivity contribution < 1.29 is 33.2 Å². The van der Waals surface area contributed by atoms with E-state index in [1.54, 1.807) is 43.1 Å². The zero-order valence-corrected chi connectivity index (χ0v) is 23.2. The quantitative estimate of drug-likeness (QED) is 0.192. The Morgan fingerprint density at radius 2 is 1.33 bits per heavy atom. The summed E-state index contributed by atoms with van der Waals surface area (Å²) in [6.45, 7) is 2.86. The largest absolute Gasteiger partial charge is 0.459 e. The van der Waals surface area contributed by atoms with Crippen molar-refractivity contribution in [3.8, 4) is 0 Å². The minimum absolute atomic E-state index is 0.0101. The topological polar surface area (TPSA) is 72.5 Å². The summed E-state index contributed by atoms with van der Waals surface area (Å²) < 4.78 is 36.7. The lowest BCUT2D eigenvalue weighted by Gasteiger charge is -2.45. The molecule has 208 valence electrons. The van der Waals surface area contributed by atoms with Crippen molar-refractivity contribution in [2.24, 2.45) is 0 Å². The van der Waals surface area contributed by atoms with Gasteiger partial charge in [-0.25, -0.2) is 4.79 Å². The van der Waals surface area contributed by atoms with Crippen LogP contribution in [-0.4, -0.2) is 62.1 Å². The third kappa shape index (κ3) is 8.63. The molecule has 4 rings (SSSR count). The monoisotopic (exact) mass is 552 g/mol. The van der Waals surface area contributed by atoms with Crippen molar-refractivity contribution >= 4 is 17.7 Å². The van der Waals surface area contributed by atoms with Crippen LogP contribution in [0.5, 0.6) is 0 Å². The third-order valence-corrected chi connectivity index (χ3v) is 7.30. The highest BCUT2D eigenvalue weighted by molar-refractivity contribution is 7.99. The summed E-state index contributed by atoms with van der Waals surface area (Å²) in [5, 5.41) is 0. The minimum atomic E-state index is -0.576. The number of benzene rings is 3. The predicted octanol–water partition coefficient (Wildman–Crippen LogP) is 5.48. The molecule has 5 atom stereocenters. The zero-order valence-electron chi connectivity index (χ0n) is 22.3. The van der Waals surface area contributed by atoms with E-state index in [0.717, 1.165) is 16.9 Å². The number of rotatable bonds is 14. The number of thioether (sulfide) groups is 1. The summed E-state index contributed by atoms with van der Waals surface area (Å²) in [5.74, 6) is 0.384. The number of ether oxygens (including phenoxy) is 6. The molecule has 3 aromatic rings. The molecule has 1 saturated heterocycles. The van der Waals surface area contributed by atoms with Crippen LogP contribution in [0.3, 0.4) is 0 Å². The molecule has 1 aliphatic rings. The molecule has 0 unspecified atom stereocenters. The van der Waals surface area contributed by atoms with Gasteiger partial charge >= 0.3 is 5.97 Å². The summed E-state index contributed by atoms with van der Waals surface area (Å²) >= 11 is 1.61. The highest BCUT2D eigenvalue weighted by Gasteiger charge is 2.49. The van der Waals surface area contributed by atoms with Crippen molar-refractivity contribution in [3.05, 3.63) is 108 Å². The molecule has 8 heteroatoms. The van der Waals surface area contributed by atoms with Crippen LogP contribution < -0.4 is 0 Å². The van der Waals surface area contributed by atoms with Crippen LogP contribution in [0.2, 0.25) is 0 Å². The van der Waals surface area contributed by atoms with Crippen molar-refractivity contribution in [2.75, 3.05) is 26.3 Å². The van der Waals surface area contributed by atoms with Gasteiger partial charge in [0.15, 0.2) is 0 Å². The molecule has 39 heavy (non-hydrogen) atoms. The Morgan fingerprint density at radius 1 is 0.769 bits per heavy atom. The van der Waals surface area contributed by atoms with E-state index in [-0.39, 0.29) is 18.8 Å². The van der Waals surface area contributed by atoms with Crippen LogP contribution >= 0.6 is 11.8 Å². The average molecular weight is 553 g/mol. The summed E-state index contributed by atoms with van der Waals surface area (Å²) in [7, 11) is 1.58. The van der Waals surface area contributed by atoms with E-state index in [2.05, 4.69) is 6.92 Å². The van der Waals surface area contributed by atoms with Gasteiger partial charge in [-0.2, -0.15) is 0 Å². The van der Waals surface area contributed by atoms with Crippen LogP contribution in [0.4, 0.5) is 0 Å².